The smallest absolute Gasteiger partial charge is 0.338 e. The number of anilines is 1. The van der Waals surface area contributed by atoms with E-state index in [1.54, 1.807) is 19.2 Å². The first kappa shape index (κ1) is 23.1. The van der Waals surface area contributed by atoms with Gasteiger partial charge in [0, 0.05) is 51.2 Å². The molecule has 5 rings (SSSR count). The zero-order valence-corrected chi connectivity index (χ0v) is 20.0. The SMILES string of the molecule is COCCOC(=O)c1ccc2c(c1)ncn2-c1cccc(N2CCN(Cc3ccccc3)CC2)c1. The van der Waals surface area contributed by atoms with Crippen molar-refractivity contribution >= 4 is 22.7 Å². The van der Waals surface area contributed by atoms with Crippen LogP contribution in [-0.2, 0) is 16.0 Å². The number of hydrogen-bond acceptors (Lipinski definition) is 6. The van der Waals surface area contributed by atoms with Crippen molar-refractivity contribution in [3.05, 3.63) is 90.3 Å². The van der Waals surface area contributed by atoms with Crippen molar-refractivity contribution in [2.45, 2.75) is 6.54 Å². The number of methoxy groups -OCH3 is 1. The molecule has 4 aromatic rings. The predicted molar refractivity (Wildman–Crippen MR) is 137 cm³/mol. The number of rotatable bonds is 8. The van der Waals surface area contributed by atoms with Gasteiger partial charge in [0.25, 0.3) is 0 Å². The van der Waals surface area contributed by atoms with E-state index < -0.39 is 0 Å². The molecule has 180 valence electrons. The van der Waals surface area contributed by atoms with Gasteiger partial charge in [-0.05, 0) is 42.0 Å². The van der Waals surface area contributed by atoms with Gasteiger partial charge in [-0.2, -0.15) is 0 Å². The summed E-state index contributed by atoms with van der Waals surface area (Å²) in [7, 11) is 1.58. The fourth-order valence-corrected chi connectivity index (χ4v) is 4.49. The molecule has 0 saturated carbocycles. The van der Waals surface area contributed by atoms with Crippen LogP contribution in [0.15, 0.2) is 79.1 Å². The molecule has 0 radical (unpaired) electrons. The molecule has 7 heteroatoms. The van der Waals surface area contributed by atoms with E-state index in [0.29, 0.717) is 12.2 Å². The van der Waals surface area contributed by atoms with E-state index in [9.17, 15) is 4.79 Å². The number of hydrogen-bond donors (Lipinski definition) is 0. The van der Waals surface area contributed by atoms with Gasteiger partial charge in [-0.3, -0.25) is 9.47 Å². The van der Waals surface area contributed by atoms with Gasteiger partial charge >= 0.3 is 5.97 Å². The lowest BCUT2D eigenvalue weighted by atomic mass is 10.1. The number of carbonyl (C=O) groups excluding carboxylic acids is 1. The van der Waals surface area contributed by atoms with Gasteiger partial charge in [0.1, 0.15) is 12.9 Å². The first-order valence-corrected chi connectivity index (χ1v) is 12.0. The van der Waals surface area contributed by atoms with Gasteiger partial charge in [0.05, 0.1) is 23.2 Å². The zero-order chi connectivity index (χ0) is 24.0. The summed E-state index contributed by atoms with van der Waals surface area (Å²) >= 11 is 0. The lowest BCUT2D eigenvalue weighted by Gasteiger charge is -2.36. The molecule has 0 unspecified atom stereocenters. The Balaban J connectivity index is 1.27. The minimum absolute atomic E-state index is 0.231. The number of piperazine rings is 1. The Morgan fingerprint density at radius 2 is 1.69 bits per heavy atom. The van der Waals surface area contributed by atoms with E-state index in [-0.39, 0.29) is 12.6 Å². The highest BCUT2D eigenvalue weighted by Gasteiger charge is 2.18. The quantitative estimate of drug-likeness (QED) is 0.285. The minimum atomic E-state index is -0.369. The van der Waals surface area contributed by atoms with Crippen LogP contribution in [0.1, 0.15) is 15.9 Å². The number of fused-ring (bicyclic) bond motifs is 1. The minimum Gasteiger partial charge on any atom is -0.460 e. The summed E-state index contributed by atoms with van der Waals surface area (Å²) in [5.41, 5.74) is 5.81. The fraction of sp³-hybridized carbons (Fsp3) is 0.286. The summed E-state index contributed by atoms with van der Waals surface area (Å²) in [5, 5.41) is 0. The largest absolute Gasteiger partial charge is 0.460 e. The Bertz CT molecular complexity index is 1280. The molecule has 1 aliphatic heterocycles. The molecule has 0 spiro atoms. The number of aromatic nitrogens is 2. The van der Waals surface area contributed by atoms with Crippen LogP contribution in [0.4, 0.5) is 5.69 Å². The predicted octanol–water partition coefficient (Wildman–Crippen LogP) is 4.15. The summed E-state index contributed by atoms with van der Waals surface area (Å²) in [5.74, 6) is -0.369. The van der Waals surface area contributed by atoms with Crippen LogP contribution < -0.4 is 4.90 Å². The molecule has 0 N–H and O–H groups in total. The molecule has 2 heterocycles. The third kappa shape index (κ3) is 5.37. The highest BCUT2D eigenvalue weighted by molar-refractivity contribution is 5.94. The Hall–Kier alpha value is -3.68. The molecule has 0 amide bonds. The van der Waals surface area contributed by atoms with E-state index >= 15 is 0 Å². The Kier molecular flexibility index (Phi) is 7.07. The Labute approximate surface area is 205 Å². The van der Waals surface area contributed by atoms with Gasteiger partial charge in [-0.25, -0.2) is 9.78 Å². The first-order valence-electron chi connectivity index (χ1n) is 12.0. The molecular weight excluding hydrogens is 440 g/mol. The van der Waals surface area contributed by atoms with Crippen molar-refractivity contribution in [2.75, 3.05) is 51.4 Å². The fourth-order valence-electron chi connectivity index (χ4n) is 4.49. The van der Waals surface area contributed by atoms with E-state index in [0.717, 1.165) is 49.4 Å². The molecule has 1 fully saturated rings. The van der Waals surface area contributed by atoms with Crippen LogP contribution >= 0.6 is 0 Å². The van der Waals surface area contributed by atoms with Crippen LogP contribution in [0.3, 0.4) is 0 Å². The molecule has 0 atom stereocenters. The van der Waals surface area contributed by atoms with Crippen LogP contribution in [-0.4, -0.2) is 66.9 Å². The van der Waals surface area contributed by atoms with Gasteiger partial charge in [0.2, 0.25) is 0 Å². The van der Waals surface area contributed by atoms with E-state index in [2.05, 4.69) is 73.9 Å². The molecule has 0 bridgehead atoms. The topological polar surface area (TPSA) is 59.8 Å². The molecule has 7 nitrogen and oxygen atoms in total. The van der Waals surface area contributed by atoms with Crippen molar-refractivity contribution in [3.63, 3.8) is 0 Å². The number of ether oxygens (including phenoxy) is 2. The van der Waals surface area contributed by atoms with Crippen LogP contribution in [0.5, 0.6) is 0 Å². The lowest BCUT2D eigenvalue weighted by Crippen LogP contribution is -2.45. The molecule has 35 heavy (non-hydrogen) atoms. The standard InChI is InChI=1S/C28H30N4O3/c1-34-16-17-35-28(33)23-10-11-27-26(18-23)29-21-32(27)25-9-5-8-24(19-25)31-14-12-30(13-15-31)20-22-6-3-2-4-7-22/h2-11,18-19,21H,12-17,20H2,1H3. The maximum absolute atomic E-state index is 12.3. The molecular formula is C28H30N4O3. The summed E-state index contributed by atoms with van der Waals surface area (Å²) in [6, 6.07) is 24.7. The van der Waals surface area contributed by atoms with Crippen LogP contribution in [0, 0.1) is 0 Å². The van der Waals surface area contributed by atoms with Crippen LogP contribution in [0.2, 0.25) is 0 Å². The molecule has 0 aliphatic carbocycles. The average Bonchev–Trinajstić information content (AvgIpc) is 3.33. The van der Waals surface area contributed by atoms with Crippen molar-refractivity contribution in [1.29, 1.82) is 0 Å². The third-order valence-corrected chi connectivity index (χ3v) is 6.40. The van der Waals surface area contributed by atoms with Gasteiger partial charge in [-0.15, -0.1) is 0 Å². The zero-order valence-electron chi connectivity index (χ0n) is 20.0. The lowest BCUT2D eigenvalue weighted by molar-refractivity contribution is 0.0388. The first-order chi connectivity index (χ1) is 17.2. The van der Waals surface area contributed by atoms with E-state index in [1.807, 2.05) is 12.4 Å². The molecule has 3 aromatic carbocycles. The highest BCUT2D eigenvalue weighted by atomic mass is 16.6. The number of imidazole rings is 1. The molecule has 1 aromatic heterocycles. The summed E-state index contributed by atoms with van der Waals surface area (Å²) in [6.45, 7) is 5.67. The van der Waals surface area contributed by atoms with Gasteiger partial charge in [0.15, 0.2) is 0 Å². The Morgan fingerprint density at radius 3 is 2.49 bits per heavy atom. The highest BCUT2D eigenvalue weighted by Crippen LogP contribution is 2.24. The number of carbonyl (C=O) groups is 1. The second kappa shape index (κ2) is 10.7. The van der Waals surface area contributed by atoms with E-state index in [4.69, 9.17) is 9.47 Å². The Morgan fingerprint density at radius 1 is 0.886 bits per heavy atom. The van der Waals surface area contributed by atoms with Gasteiger partial charge < -0.3 is 14.4 Å². The maximum atomic E-state index is 12.3. The van der Waals surface area contributed by atoms with E-state index in [1.165, 1.54) is 11.3 Å². The number of nitrogens with zero attached hydrogens (tertiary/aromatic N) is 4. The van der Waals surface area contributed by atoms with Crippen molar-refractivity contribution in [2.24, 2.45) is 0 Å². The third-order valence-electron chi connectivity index (χ3n) is 6.40. The normalized spacial score (nSPS) is 14.4. The van der Waals surface area contributed by atoms with Crippen molar-refractivity contribution < 1.29 is 14.3 Å². The molecule has 1 aliphatic rings. The summed E-state index contributed by atoms with van der Waals surface area (Å²) in [6.07, 6.45) is 1.81. The molecule has 1 saturated heterocycles. The van der Waals surface area contributed by atoms with Crippen molar-refractivity contribution in [3.8, 4) is 5.69 Å². The average molecular weight is 471 g/mol. The summed E-state index contributed by atoms with van der Waals surface area (Å²) in [4.78, 5) is 21.8. The number of benzene rings is 3. The maximum Gasteiger partial charge on any atom is 0.338 e. The number of esters is 1. The summed E-state index contributed by atoms with van der Waals surface area (Å²) < 4.78 is 12.2. The van der Waals surface area contributed by atoms with Crippen LogP contribution in [0.25, 0.3) is 16.7 Å². The second-order valence-corrected chi connectivity index (χ2v) is 8.72. The second-order valence-electron chi connectivity index (χ2n) is 8.72. The van der Waals surface area contributed by atoms with Crippen molar-refractivity contribution in [1.82, 2.24) is 14.5 Å². The van der Waals surface area contributed by atoms with Gasteiger partial charge in [-0.1, -0.05) is 36.4 Å². The monoisotopic (exact) mass is 470 g/mol.